The molecule has 0 aromatic heterocycles. The first-order valence-electron chi connectivity index (χ1n) is 4.96. The average molecular weight is 210 g/mol. The Kier molecular flexibility index (Phi) is 7.21. The van der Waals surface area contributed by atoms with Crippen LogP contribution in [0.3, 0.4) is 0 Å². The zero-order valence-corrected chi connectivity index (χ0v) is 10.1. The number of hydrogen-bond acceptors (Lipinski definition) is 2. The molecule has 2 heteroatoms. The van der Waals surface area contributed by atoms with Gasteiger partial charge in [-0.2, -0.15) is 0 Å². The van der Waals surface area contributed by atoms with Crippen molar-refractivity contribution in [3.8, 4) is 0 Å². The summed E-state index contributed by atoms with van der Waals surface area (Å²) in [6, 6.07) is 9.37. The fraction of sp³-hybridized carbons (Fsp3) is 0.417. The molecule has 0 aliphatic carbocycles. The molecule has 0 radical (unpaired) electrons. The molecule has 14 heavy (non-hydrogen) atoms. The second-order valence-electron chi connectivity index (χ2n) is 2.82. The normalized spacial score (nSPS) is 9.21. The lowest BCUT2D eigenvalue weighted by atomic mass is 10.2. The van der Waals surface area contributed by atoms with E-state index >= 15 is 0 Å². The van der Waals surface area contributed by atoms with Gasteiger partial charge in [-0.3, -0.25) is 4.79 Å². The maximum Gasteiger partial charge on any atom is 0.219 e. The Morgan fingerprint density at radius 1 is 1.14 bits per heavy atom. The van der Waals surface area contributed by atoms with Crippen LogP contribution in [0.25, 0.3) is 0 Å². The summed E-state index contributed by atoms with van der Waals surface area (Å²) in [5.41, 5.74) is 0.788. The predicted molar refractivity (Wildman–Crippen MR) is 64.8 cm³/mol. The second kappa shape index (κ2) is 7.63. The first kappa shape index (κ1) is 13.2. The number of benzene rings is 1. The topological polar surface area (TPSA) is 17.1 Å². The number of carbonyl (C=O) groups is 1. The Hall–Kier alpha value is -0.760. The van der Waals surface area contributed by atoms with E-state index in [9.17, 15) is 4.79 Å². The zero-order valence-electron chi connectivity index (χ0n) is 9.28. The van der Waals surface area contributed by atoms with Gasteiger partial charge >= 0.3 is 0 Å². The molecule has 1 nitrogen and oxygen atoms in total. The standard InChI is InChI=1S/C10H12OS.C2H6/c1-8(2)12-10(11)9-6-4-3-5-7-9;1-2/h3-8H,1-2H3;1-2H3. The van der Waals surface area contributed by atoms with Gasteiger partial charge in [-0.1, -0.05) is 69.8 Å². The summed E-state index contributed by atoms with van der Waals surface area (Å²) in [4.78, 5) is 11.4. The molecule has 0 heterocycles. The first-order valence-corrected chi connectivity index (χ1v) is 5.84. The summed E-state index contributed by atoms with van der Waals surface area (Å²) in [6.07, 6.45) is 0. The second-order valence-corrected chi connectivity index (χ2v) is 4.37. The molecule has 78 valence electrons. The van der Waals surface area contributed by atoms with Gasteiger partial charge in [-0.05, 0) is 0 Å². The predicted octanol–water partition coefficient (Wildman–Crippen LogP) is 3.99. The third-order valence-corrected chi connectivity index (χ3v) is 2.27. The lowest BCUT2D eigenvalue weighted by Gasteiger charge is -2.02. The molecule has 0 bridgehead atoms. The van der Waals surface area contributed by atoms with Gasteiger partial charge in [0.25, 0.3) is 0 Å². The van der Waals surface area contributed by atoms with E-state index in [0.717, 1.165) is 5.56 Å². The van der Waals surface area contributed by atoms with Crippen molar-refractivity contribution >= 4 is 16.9 Å². The van der Waals surface area contributed by atoms with Crippen LogP contribution in [-0.2, 0) is 0 Å². The van der Waals surface area contributed by atoms with Crippen molar-refractivity contribution < 1.29 is 4.79 Å². The highest BCUT2D eigenvalue weighted by Gasteiger charge is 2.06. The van der Waals surface area contributed by atoms with Crippen LogP contribution in [0.4, 0.5) is 0 Å². The fourth-order valence-electron chi connectivity index (χ4n) is 0.856. The smallest absolute Gasteiger partial charge is 0.219 e. The van der Waals surface area contributed by atoms with E-state index in [4.69, 9.17) is 0 Å². The monoisotopic (exact) mass is 210 g/mol. The zero-order chi connectivity index (χ0) is 11.0. The molecule has 0 N–H and O–H groups in total. The van der Waals surface area contributed by atoms with Crippen LogP contribution in [0.1, 0.15) is 38.1 Å². The van der Waals surface area contributed by atoms with Crippen molar-refractivity contribution in [2.24, 2.45) is 0 Å². The van der Waals surface area contributed by atoms with E-state index in [0.29, 0.717) is 5.25 Å². The highest BCUT2D eigenvalue weighted by molar-refractivity contribution is 8.14. The minimum atomic E-state index is 0.158. The Morgan fingerprint density at radius 3 is 2.07 bits per heavy atom. The summed E-state index contributed by atoms with van der Waals surface area (Å²) < 4.78 is 0. The van der Waals surface area contributed by atoms with Crippen LogP contribution in [-0.4, -0.2) is 10.4 Å². The number of carbonyl (C=O) groups excluding carboxylic acids is 1. The summed E-state index contributed by atoms with van der Waals surface area (Å²) in [5, 5.41) is 0.517. The van der Waals surface area contributed by atoms with Crippen molar-refractivity contribution in [1.29, 1.82) is 0 Å². The summed E-state index contributed by atoms with van der Waals surface area (Å²) in [7, 11) is 0. The minimum Gasteiger partial charge on any atom is -0.282 e. The molecule has 0 fully saturated rings. The molecule has 0 aliphatic heterocycles. The molecule has 0 unspecified atom stereocenters. The molecule has 0 spiro atoms. The van der Waals surface area contributed by atoms with Crippen LogP contribution in [0.15, 0.2) is 30.3 Å². The molecule has 0 aliphatic rings. The molecule has 1 aromatic carbocycles. The molecular weight excluding hydrogens is 192 g/mol. The van der Waals surface area contributed by atoms with Crippen molar-refractivity contribution in [1.82, 2.24) is 0 Å². The molecule has 0 amide bonds. The fourth-order valence-corrected chi connectivity index (χ4v) is 1.56. The summed E-state index contributed by atoms with van der Waals surface area (Å²) in [6.45, 7) is 8.04. The van der Waals surface area contributed by atoms with E-state index in [-0.39, 0.29) is 5.12 Å². The van der Waals surface area contributed by atoms with Gasteiger partial charge in [0.15, 0.2) is 0 Å². The van der Waals surface area contributed by atoms with Gasteiger partial charge in [0.05, 0.1) is 0 Å². The molecule has 0 saturated carbocycles. The third-order valence-electron chi connectivity index (χ3n) is 1.35. The summed E-state index contributed by atoms with van der Waals surface area (Å²) >= 11 is 1.37. The van der Waals surface area contributed by atoms with Gasteiger partial charge in [0.1, 0.15) is 0 Å². The van der Waals surface area contributed by atoms with Crippen LogP contribution < -0.4 is 0 Å². The van der Waals surface area contributed by atoms with Gasteiger partial charge in [-0.25, -0.2) is 0 Å². The van der Waals surface area contributed by atoms with Crippen LogP contribution in [0.2, 0.25) is 0 Å². The van der Waals surface area contributed by atoms with Crippen molar-refractivity contribution in [2.75, 3.05) is 0 Å². The lowest BCUT2D eigenvalue weighted by Crippen LogP contribution is -1.98. The van der Waals surface area contributed by atoms with Crippen molar-refractivity contribution in [3.63, 3.8) is 0 Å². The highest BCUT2D eigenvalue weighted by atomic mass is 32.2. The highest BCUT2D eigenvalue weighted by Crippen LogP contribution is 2.16. The Morgan fingerprint density at radius 2 is 1.64 bits per heavy atom. The van der Waals surface area contributed by atoms with E-state index in [1.165, 1.54) is 11.8 Å². The molecule has 1 aromatic rings. The molecule has 0 saturated heterocycles. The number of hydrogen-bond donors (Lipinski definition) is 0. The quantitative estimate of drug-likeness (QED) is 0.734. The summed E-state index contributed by atoms with van der Waals surface area (Å²) in [5.74, 6) is 0. The van der Waals surface area contributed by atoms with Crippen LogP contribution >= 0.6 is 11.8 Å². The van der Waals surface area contributed by atoms with E-state index < -0.39 is 0 Å². The van der Waals surface area contributed by atoms with E-state index in [1.54, 1.807) is 0 Å². The number of thioether (sulfide) groups is 1. The number of rotatable bonds is 2. The van der Waals surface area contributed by atoms with Crippen LogP contribution in [0.5, 0.6) is 0 Å². The SMILES string of the molecule is CC.CC(C)SC(=O)c1ccccc1. The lowest BCUT2D eigenvalue weighted by molar-refractivity contribution is 0.108. The van der Waals surface area contributed by atoms with Gasteiger partial charge in [-0.15, -0.1) is 0 Å². The largest absolute Gasteiger partial charge is 0.282 e. The van der Waals surface area contributed by atoms with Gasteiger partial charge in [0, 0.05) is 10.8 Å². The van der Waals surface area contributed by atoms with Crippen LogP contribution in [0, 0.1) is 0 Å². The third kappa shape index (κ3) is 5.07. The molecule has 1 rings (SSSR count). The maximum absolute atomic E-state index is 11.4. The first-order chi connectivity index (χ1) is 6.70. The molecular formula is C12H18OS. The van der Waals surface area contributed by atoms with Crippen molar-refractivity contribution in [3.05, 3.63) is 35.9 Å². The van der Waals surface area contributed by atoms with Gasteiger partial charge < -0.3 is 0 Å². The molecule has 0 atom stereocenters. The van der Waals surface area contributed by atoms with E-state index in [1.807, 2.05) is 58.0 Å². The maximum atomic E-state index is 11.4. The Bertz CT molecular complexity index is 254. The van der Waals surface area contributed by atoms with Gasteiger partial charge in [0.2, 0.25) is 5.12 Å². The Labute approximate surface area is 90.9 Å². The van der Waals surface area contributed by atoms with Crippen molar-refractivity contribution in [2.45, 2.75) is 32.9 Å². The average Bonchev–Trinajstić information content (AvgIpc) is 2.21. The Balaban J connectivity index is 0.000000791. The van der Waals surface area contributed by atoms with E-state index in [2.05, 4.69) is 0 Å². The minimum absolute atomic E-state index is 0.158.